The van der Waals surface area contributed by atoms with Crippen LogP contribution in [0.4, 0.5) is 17.3 Å². The van der Waals surface area contributed by atoms with E-state index >= 15 is 0 Å². The van der Waals surface area contributed by atoms with Gasteiger partial charge in [0.1, 0.15) is 5.82 Å². The Morgan fingerprint density at radius 3 is 2.46 bits per heavy atom. The topological polar surface area (TPSA) is 160 Å². The number of carbonyl (C=O) groups excluding carboxylic acids is 3. The van der Waals surface area contributed by atoms with Gasteiger partial charge in [-0.2, -0.15) is 5.10 Å². The van der Waals surface area contributed by atoms with Crippen molar-refractivity contribution in [2.75, 3.05) is 16.8 Å². The van der Waals surface area contributed by atoms with E-state index < -0.39 is 11.4 Å². The van der Waals surface area contributed by atoms with Crippen molar-refractivity contribution in [1.82, 2.24) is 30.4 Å². The van der Waals surface area contributed by atoms with Crippen LogP contribution in [0, 0.1) is 0 Å². The van der Waals surface area contributed by atoms with E-state index in [0.717, 1.165) is 24.9 Å². The van der Waals surface area contributed by atoms with Crippen LogP contribution in [0.25, 0.3) is 0 Å². The molecule has 3 amide bonds. The Kier molecular flexibility index (Phi) is 7.84. The maximum atomic E-state index is 13.1. The molecule has 0 saturated carbocycles. The minimum absolute atomic E-state index is 0.0299. The van der Waals surface area contributed by atoms with Crippen LogP contribution in [-0.2, 0) is 17.4 Å². The molecule has 2 aromatic heterocycles. The molecule has 3 heterocycles. The number of rotatable bonds is 8. The molecular weight excluding hydrogens is 498 g/mol. The summed E-state index contributed by atoms with van der Waals surface area (Å²) < 4.78 is 1.63. The second-order valence-corrected chi connectivity index (χ2v) is 10.4. The van der Waals surface area contributed by atoms with Gasteiger partial charge in [-0.3, -0.25) is 19.1 Å². The van der Waals surface area contributed by atoms with Crippen molar-refractivity contribution < 1.29 is 14.4 Å². The summed E-state index contributed by atoms with van der Waals surface area (Å²) in [6.45, 7) is 8.06. The molecule has 2 atom stereocenters. The Labute approximate surface area is 227 Å². The fourth-order valence-electron chi connectivity index (χ4n) is 4.87. The van der Waals surface area contributed by atoms with Crippen molar-refractivity contribution >= 4 is 35.0 Å². The SMILES string of the molecule is CC(=O)NC(C)(C)c1ccc(C(=O)N[C@@H]2CCCN(c3cnc(C(N)=O)c(Nc4cnn(C)c4)n3)[C@@H]2C)cc1. The number of benzene rings is 1. The highest BCUT2D eigenvalue weighted by Crippen LogP contribution is 2.27. The first kappa shape index (κ1) is 27.6. The summed E-state index contributed by atoms with van der Waals surface area (Å²) in [6, 6.07) is 7.03. The zero-order chi connectivity index (χ0) is 28.3. The minimum atomic E-state index is -0.691. The fourth-order valence-corrected chi connectivity index (χ4v) is 4.87. The third kappa shape index (κ3) is 6.33. The summed E-state index contributed by atoms with van der Waals surface area (Å²) in [5.74, 6) is -0.168. The molecule has 0 aliphatic carbocycles. The minimum Gasteiger partial charge on any atom is -0.364 e. The van der Waals surface area contributed by atoms with Crippen LogP contribution in [0.15, 0.2) is 42.9 Å². The average Bonchev–Trinajstić information content (AvgIpc) is 3.28. The highest BCUT2D eigenvalue weighted by Gasteiger charge is 2.31. The monoisotopic (exact) mass is 533 g/mol. The lowest BCUT2D eigenvalue weighted by atomic mass is 9.93. The average molecular weight is 534 g/mol. The van der Waals surface area contributed by atoms with Gasteiger partial charge in [0.05, 0.1) is 23.6 Å². The maximum absolute atomic E-state index is 13.1. The number of aryl methyl sites for hydroxylation is 1. The van der Waals surface area contributed by atoms with Crippen molar-refractivity contribution in [1.29, 1.82) is 0 Å². The molecule has 0 radical (unpaired) electrons. The van der Waals surface area contributed by atoms with Crippen molar-refractivity contribution in [2.45, 2.75) is 58.2 Å². The molecule has 12 heteroatoms. The number of primary amides is 1. The molecule has 1 aliphatic rings. The van der Waals surface area contributed by atoms with Gasteiger partial charge in [-0.25, -0.2) is 9.97 Å². The van der Waals surface area contributed by atoms with E-state index in [4.69, 9.17) is 5.73 Å². The molecule has 1 saturated heterocycles. The summed E-state index contributed by atoms with van der Waals surface area (Å²) in [6.07, 6.45) is 6.54. The van der Waals surface area contributed by atoms with E-state index in [2.05, 4.69) is 35.9 Å². The van der Waals surface area contributed by atoms with Crippen LogP contribution < -0.4 is 26.6 Å². The lowest BCUT2D eigenvalue weighted by Crippen LogP contribution is -2.54. The molecule has 39 heavy (non-hydrogen) atoms. The molecule has 1 aromatic carbocycles. The van der Waals surface area contributed by atoms with Crippen molar-refractivity contribution in [3.63, 3.8) is 0 Å². The van der Waals surface area contributed by atoms with Crippen LogP contribution in [0.3, 0.4) is 0 Å². The maximum Gasteiger partial charge on any atom is 0.271 e. The number of hydrogen-bond donors (Lipinski definition) is 4. The molecule has 4 rings (SSSR count). The number of amides is 3. The van der Waals surface area contributed by atoms with E-state index in [9.17, 15) is 14.4 Å². The summed E-state index contributed by atoms with van der Waals surface area (Å²) >= 11 is 0. The first-order valence-electron chi connectivity index (χ1n) is 12.8. The van der Waals surface area contributed by atoms with Gasteiger partial charge in [-0.05, 0) is 51.3 Å². The van der Waals surface area contributed by atoms with E-state index in [-0.39, 0.29) is 35.4 Å². The third-order valence-corrected chi connectivity index (χ3v) is 6.92. The third-order valence-electron chi connectivity index (χ3n) is 6.92. The van der Waals surface area contributed by atoms with E-state index in [1.165, 1.54) is 13.1 Å². The number of aromatic nitrogens is 4. The van der Waals surface area contributed by atoms with Gasteiger partial charge in [0.2, 0.25) is 5.91 Å². The number of piperidine rings is 1. The molecule has 12 nitrogen and oxygen atoms in total. The summed E-state index contributed by atoms with van der Waals surface area (Å²) in [4.78, 5) is 47.7. The summed E-state index contributed by atoms with van der Waals surface area (Å²) in [5.41, 5.74) is 7.11. The van der Waals surface area contributed by atoms with E-state index in [1.807, 2.05) is 32.9 Å². The smallest absolute Gasteiger partial charge is 0.271 e. The van der Waals surface area contributed by atoms with Crippen LogP contribution in [0.5, 0.6) is 0 Å². The second kappa shape index (κ2) is 11.1. The van der Waals surface area contributed by atoms with Gasteiger partial charge in [-0.15, -0.1) is 0 Å². The van der Waals surface area contributed by atoms with Gasteiger partial charge in [0, 0.05) is 44.4 Å². The zero-order valence-corrected chi connectivity index (χ0v) is 22.9. The number of nitrogens with one attached hydrogen (secondary N) is 3. The van der Waals surface area contributed by atoms with Crippen molar-refractivity contribution in [3.8, 4) is 0 Å². The highest BCUT2D eigenvalue weighted by molar-refractivity contribution is 5.96. The Morgan fingerprint density at radius 1 is 1.13 bits per heavy atom. The molecule has 206 valence electrons. The molecule has 0 unspecified atom stereocenters. The first-order chi connectivity index (χ1) is 18.4. The van der Waals surface area contributed by atoms with E-state index in [1.54, 1.807) is 36.3 Å². The molecular formula is C27H35N9O3. The van der Waals surface area contributed by atoms with Crippen LogP contribution in [0.2, 0.25) is 0 Å². The number of nitrogens with zero attached hydrogens (tertiary/aromatic N) is 5. The van der Waals surface area contributed by atoms with Crippen molar-refractivity contribution in [2.24, 2.45) is 12.8 Å². The van der Waals surface area contributed by atoms with Gasteiger partial charge in [-0.1, -0.05) is 12.1 Å². The van der Waals surface area contributed by atoms with Crippen LogP contribution in [-0.4, -0.2) is 56.1 Å². The van der Waals surface area contributed by atoms with Crippen molar-refractivity contribution in [3.05, 3.63) is 59.7 Å². The number of carbonyl (C=O) groups is 3. The second-order valence-electron chi connectivity index (χ2n) is 10.4. The molecule has 0 bridgehead atoms. The number of hydrogen-bond acceptors (Lipinski definition) is 8. The van der Waals surface area contributed by atoms with Crippen LogP contribution >= 0.6 is 0 Å². The van der Waals surface area contributed by atoms with Gasteiger partial charge in [0.25, 0.3) is 11.8 Å². The summed E-state index contributed by atoms with van der Waals surface area (Å²) in [5, 5.41) is 13.3. The van der Waals surface area contributed by atoms with Gasteiger partial charge >= 0.3 is 0 Å². The molecule has 5 N–H and O–H groups in total. The largest absolute Gasteiger partial charge is 0.364 e. The van der Waals surface area contributed by atoms with Gasteiger partial charge < -0.3 is 26.6 Å². The standard InChI is InChI=1S/C27H35N9O3/c1-16-21(32-26(39)18-8-10-19(11-9-18)27(3,4)34-17(2)37)7-6-12-36(16)22-14-29-23(24(28)38)25(33-22)31-20-13-30-35(5)15-20/h8-11,13-16,21H,6-7,12H2,1-5H3,(H2,28,38)(H,31,33)(H,32,39)(H,34,37)/t16-,21-/m1/s1. The Hall–Kier alpha value is -4.48. The fraction of sp³-hybridized carbons (Fsp3) is 0.407. The lowest BCUT2D eigenvalue weighted by molar-refractivity contribution is -0.120. The van der Waals surface area contributed by atoms with E-state index in [0.29, 0.717) is 17.1 Å². The predicted molar refractivity (Wildman–Crippen MR) is 148 cm³/mol. The number of nitrogens with two attached hydrogens (primary N) is 1. The van der Waals surface area contributed by atoms with Gasteiger partial charge in [0.15, 0.2) is 11.5 Å². The first-order valence-corrected chi connectivity index (χ1v) is 12.8. The molecule has 3 aromatic rings. The molecule has 1 aliphatic heterocycles. The lowest BCUT2D eigenvalue weighted by Gasteiger charge is -2.40. The number of anilines is 3. The molecule has 1 fully saturated rings. The Balaban J connectivity index is 1.49. The Bertz CT molecular complexity index is 1370. The summed E-state index contributed by atoms with van der Waals surface area (Å²) in [7, 11) is 1.78. The quantitative estimate of drug-likeness (QED) is 0.343. The normalized spacial score (nSPS) is 17.4. The molecule has 0 spiro atoms. The Morgan fingerprint density at radius 2 is 1.85 bits per heavy atom. The van der Waals surface area contributed by atoms with Crippen LogP contribution in [0.1, 0.15) is 66.9 Å². The zero-order valence-electron chi connectivity index (χ0n) is 22.9. The highest BCUT2D eigenvalue weighted by atomic mass is 16.2. The predicted octanol–water partition coefficient (Wildman–Crippen LogP) is 2.21.